The molecule has 2 heterocycles. The molecule has 0 fully saturated rings. The molecule has 0 radical (unpaired) electrons. The minimum absolute atomic E-state index is 0.202. The topological polar surface area (TPSA) is 59.8 Å². The van der Waals surface area contributed by atoms with E-state index < -0.39 is 11.2 Å². The Balaban J connectivity index is 1.98. The van der Waals surface area contributed by atoms with Crippen LogP contribution >= 0.6 is 0 Å². The van der Waals surface area contributed by atoms with Crippen molar-refractivity contribution in [3.05, 3.63) is 64.7 Å². The molecule has 0 atom stereocenters. The molecular formula is C18H15FN4O. The fourth-order valence-electron chi connectivity index (χ4n) is 2.91. The normalized spacial score (nSPS) is 14.5. The smallest absolute Gasteiger partial charge is 0.300 e. The van der Waals surface area contributed by atoms with Gasteiger partial charge < -0.3 is 5.32 Å². The van der Waals surface area contributed by atoms with Crippen LogP contribution < -0.4 is 10.9 Å². The summed E-state index contributed by atoms with van der Waals surface area (Å²) in [5, 5.41) is 7.92. The van der Waals surface area contributed by atoms with Gasteiger partial charge >= 0.3 is 0 Å². The first-order valence-electron chi connectivity index (χ1n) is 7.61. The molecule has 0 amide bonds. The van der Waals surface area contributed by atoms with E-state index in [1.165, 1.54) is 24.3 Å². The summed E-state index contributed by atoms with van der Waals surface area (Å²) in [5.41, 5.74) is 1.49. The van der Waals surface area contributed by atoms with Crippen LogP contribution in [-0.2, 0) is 5.66 Å². The Morgan fingerprint density at radius 1 is 1.08 bits per heavy atom. The highest BCUT2D eigenvalue weighted by Crippen LogP contribution is 2.36. The number of hydrogen-bond acceptors (Lipinski definition) is 4. The third-order valence-corrected chi connectivity index (χ3v) is 4.07. The second-order valence-electron chi connectivity index (χ2n) is 6.24. The van der Waals surface area contributed by atoms with Crippen molar-refractivity contribution in [2.75, 3.05) is 5.32 Å². The van der Waals surface area contributed by atoms with Gasteiger partial charge in [-0.15, -0.1) is 0 Å². The molecule has 0 saturated heterocycles. The lowest BCUT2D eigenvalue weighted by Crippen LogP contribution is -2.42. The largest absolute Gasteiger partial charge is 0.361 e. The monoisotopic (exact) mass is 322 g/mol. The molecule has 0 bridgehead atoms. The average Bonchev–Trinajstić information content (AvgIpc) is 2.55. The number of hydrogen-bond donors (Lipinski definition) is 1. The summed E-state index contributed by atoms with van der Waals surface area (Å²) in [6, 6.07) is 13.3. The van der Waals surface area contributed by atoms with Crippen LogP contribution in [0, 0.1) is 5.82 Å². The predicted molar refractivity (Wildman–Crippen MR) is 90.1 cm³/mol. The predicted octanol–water partition coefficient (Wildman–Crippen LogP) is 3.23. The minimum Gasteiger partial charge on any atom is -0.361 e. The van der Waals surface area contributed by atoms with E-state index in [1.54, 1.807) is 4.68 Å². The molecule has 3 aromatic rings. The van der Waals surface area contributed by atoms with E-state index in [4.69, 9.17) is 0 Å². The summed E-state index contributed by atoms with van der Waals surface area (Å²) >= 11 is 0. The third kappa shape index (κ3) is 2.19. The van der Waals surface area contributed by atoms with Gasteiger partial charge in [0.2, 0.25) is 0 Å². The average molecular weight is 322 g/mol. The van der Waals surface area contributed by atoms with Gasteiger partial charge in [0, 0.05) is 16.8 Å². The summed E-state index contributed by atoms with van der Waals surface area (Å²) in [7, 11) is 0. The van der Waals surface area contributed by atoms with Gasteiger partial charge in [0.05, 0.1) is 0 Å². The lowest BCUT2D eigenvalue weighted by molar-refractivity contribution is 0.357. The number of nitrogens with zero attached hydrogens (tertiary/aromatic N) is 3. The second kappa shape index (κ2) is 4.99. The summed E-state index contributed by atoms with van der Waals surface area (Å²) < 4.78 is 14.8. The highest BCUT2D eigenvalue weighted by molar-refractivity contribution is 5.76. The zero-order chi connectivity index (χ0) is 16.9. The molecule has 5 nitrogen and oxygen atoms in total. The van der Waals surface area contributed by atoms with Gasteiger partial charge in [-0.3, -0.25) is 4.79 Å². The lowest BCUT2D eigenvalue weighted by Gasteiger charge is -2.36. The number of fused-ring (bicyclic) bond motifs is 3. The maximum absolute atomic E-state index is 13.1. The van der Waals surface area contributed by atoms with Crippen molar-refractivity contribution in [1.29, 1.82) is 0 Å². The maximum Gasteiger partial charge on any atom is 0.300 e. The summed E-state index contributed by atoms with van der Waals surface area (Å²) in [6.07, 6.45) is 0. The Labute approximate surface area is 137 Å². The molecule has 0 saturated carbocycles. The molecule has 120 valence electrons. The van der Waals surface area contributed by atoms with Crippen LogP contribution in [0.2, 0.25) is 0 Å². The van der Waals surface area contributed by atoms with Crippen molar-refractivity contribution in [3.63, 3.8) is 0 Å². The second-order valence-corrected chi connectivity index (χ2v) is 6.24. The number of halogens is 1. The van der Waals surface area contributed by atoms with E-state index in [0.717, 1.165) is 11.3 Å². The molecule has 1 N–H and O–H groups in total. The van der Waals surface area contributed by atoms with Crippen LogP contribution in [0.15, 0.2) is 53.3 Å². The van der Waals surface area contributed by atoms with E-state index in [9.17, 15) is 9.18 Å². The van der Waals surface area contributed by atoms with E-state index in [-0.39, 0.29) is 11.5 Å². The van der Waals surface area contributed by atoms with Gasteiger partial charge in [-0.25, -0.2) is 9.07 Å². The highest BCUT2D eigenvalue weighted by atomic mass is 19.1. The van der Waals surface area contributed by atoms with Crippen molar-refractivity contribution in [1.82, 2.24) is 14.8 Å². The summed E-state index contributed by atoms with van der Waals surface area (Å²) in [4.78, 5) is 16.8. The Kier molecular flexibility index (Phi) is 3.03. The zero-order valence-corrected chi connectivity index (χ0v) is 13.2. The van der Waals surface area contributed by atoms with Crippen LogP contribution in [0.25, 0.3) is 22.6 Å². The molecule has 24 heavy (non-hydrogen) atoms. The molecule has 4 rings (SSSR count). The van der Waals surface area contributed by atoms with Gasteiger partial charge in [-0.2, -0.15) is 10.1 Å². The Morgan fingerprint density at radius 2 is 1.79 bits per heavy atom. The third-order valence-electron chi connectivity index (χ3n) is 4.07. The van der Waals surface area contributed by atoms with E-state index in [1.807, 2.05) is 38.1 Å². The summed E-state index contributed by atoms with van der Waals surface area (Å²) in [5.74, 6) is 0.158. The quantitative estimate of drug-likeness (QED) is 0.747. The minimum atomic E-state index is -0.556. The lowest BCUT2D eigenvalue weighted by atomic mass is 10.1. The van der Waals surface area contributed by atoms with Gasteiger partial charge in [0.25, 0.3) is 5.56 Å². The van der Waals surface area contributed by atoms with E-state index in [0.29, 0.717) is 11.4 Å². The van der Waals surface area contributed by atoms with Gasteiger partial charge in [0.1, 0.15) is 11.5 Å². The van der Waals surface area contributed by atoms with E-state index in [2.05, 4.69) is 15.4 Å². The molecule has 0 unspecified atom stereocenters. The van der Waals surface area contributed by atoms with Crippen molar-refractivity contribution in [3.8, 4) is 22.6 Å². The van der Waals surface area contributed by atoms with Crippen molar-refractivity contribution in [2.45, 2.75) is 19.5 Å². The molecule has 0 aliphatic carbocycles. The fraction of sp³-hybridized carbons (Fsp3) is 0.167. The van der Waals surface area contributed by atoms with Gasteiger partial charge in [0.15, 0.2) is 11.5 Å². The Bertz CT molecular complexity index is 993. The Morgan fingerprint density at radius 3 is 2.54 bits per heavy atom. The summed E-state index contributed by atoms with van der Waals surface area (Å²) in [6.45, 7) is 3.92. The number of anilines is 1. The maximum atomic E-state index is 13.1. The number of rotatable bonds is 1. The van der Waals surface area contributed by atoms with Gasteiger partial charge in [-0.05, 0) is 50.2 Å². The number of benzene rings is 2. The van der Waals surface area contributed by atoms with Gasteiger partial charge in [-0.1, -0.05) is 12.1 Å². The SMILES string of the molecule is CC1(C)Nc2ccccc2-c2nc(=O)c(-c3ccc(F)cc3)nn21. The van der Waals surface area contributed by atoms with Crippen LogP contribution in [0.4, 0.5) is 10.1 Å². The molecule has 6 heteroatoms. The van der Waals surface area contributed by atoms with Crippen molar-refractivity contribution >= 4 is 5.69 Å². The van der Waals surface area contributed by atoms with Crippen LogP contribution in [-0.4, -0.2) is 14.8 Å². The molecule has 1 aliphatic rings. The van der Waals surface area contributed by atoms with E-state index >= 15 is 0 Å². The molecule has 1 aromatic heterocycles. The highest BCUT2D eigenvalue weighted by Gasteiger charge is 2.32. The number of para-hydroxylation sites is 1. The first kappa shape index (κ1) is 14.6. The zero-order valence-electron chi connectivity index (χ0n) is 13.2. The molecular weight excluding hydrogens is 307 g/mol. The van der Waals surface area contributed by atoms with Crippen LogP contribution in [0.1, 0.15) is 13.8 Å². The van der Waals surface area contributed by atoms with Crippen molar-refractivity contribution in [2.24, 2.45) is 0 Å². The van der Waals surface area contributed by atoms with Crippen LogP contribution in [0.5, 0.6) is 0 Å². The molecule has 0 spiro atoms. The van der Waals surface area contributed by atoms with Crippen LogP contribution in [0.3, 0.4) is 0 Å². The first-order chi connectivity index (χ1) is 11.5. The van der Waals surface area contributed by atoms with Crippen molar-refractivity contribution < 1.29 is 4.39 Å². The standard InChI is InChI=1S/C18H15FN4O/c1-18(2)21-14-6-4-3-5-13(14)16-20-17(24)15(22-23(16)18)11-7-9-12(19)10-8-11/h3-10,21H,1-2H3. The molecule has 2 aromatic carbocycles. The number of nitrogens with one attached hydrogen (secondary N) is 1. The fourth-order valence-corrected chi connectivity index (χ4v) is 2.91. The number of aromatic nitrogens is 3. The first-order valence-corrected chi connectivity index (χ1v) is 7.61. The molecule has 1 aliphatic heterocycles. The Hall–Kier alpha value is -3.02.